The molecule has 0 spiro atoms. The molecule has 0 unspecified atom stereocenters. The Morgan fingerprint density at radius 3 is 2.49 bits per heavy atom. The molecule has 0 bridgehead atoms. The lowest BCUT2D eigenvalue weighted by Gasteiger charge is -2.24. The molecular formula is C28H38ClIN6O3. The fraction of sp³-hybridized carbons (Fsp3) is 0.571. The molecule has 0 radical (unpaired) electrons. The smallest absolute Gasteiger partial charge is 0.408 e. The highest BCUT2D eigenvalue weighted by Crippen LogP contribution is 2.33. The van der Waals surface area contributed by atoms with Crippen LogP contribution in [0.15, 0.2) is 24.3 Å². The lowest BCUT2D eigenvalue weighted by molar-refractivity contribution is -0.117. The Morgan fingerprint density at radius 1 is 1.10 bits per heavy atom. The average Bonchev–Trinajstić information content (AvgIpc) is 3.56. The van der Waals surface area contributed by atoms with Crippen molar-refractivity contribution in [2.24, 2.45) is 0 Å². The van der Waals surface area contributed by atoms with Crippen LogP contribution < -0.4 is 15.1 Å². The first kappa shape index (κ1) is 29.8. The summed E-state index contributed by atoms with van der Waals surface area (Å²) in [6.45, 7) is 11.1. The second kappa shape index (κ2) is 13.5. The molecular weight excluding hydrogens is 631 g/mol. The van der Waals surface area contributed by atoms with Crippen LogP contribution in [-0.4, -0.2) is 82.7 Å². The van der Waals surface area contributed by atoms with Gasteiger partial charge in [-0.1, -0.05) is 34.2 Å². The summed E-state index contributed by atoms with van der Waals surface area (Å²) < 4.78 is 5.98. The number of fused-ring (bicyclic) bond motifs is 1. The van der Waals surface area contributed by atoms with Crippen LogP contribution in [-0.2, 0) is 16.0 Å². The molecule has 2 aromatic rings. The van der Waals surface area contributed by atoms with E-state index in [0.717, 1.165) is 59.5 Å². The van der Waals surface area contributed by atoms with Gasteiger partial charge in [0.25, 0.3) is 0 Å². The highest BCUT2D eigenvalue weighted by atomic mass is 127. The van der Waals surface area contributed by atoms with Crippen LogP contribution in [0.25, 0.3) is 11.4 Å². The number of hydrogen-bond donors (Lipinski definition) is 1. The van der Waals surface area contributed by atoms with Gasteiger partial charge in [0.05, 0.1) is 0 Å². The monoisotopic (exact) mass is 668 g/mol. The molecule has 0 aliphatic carbocycles. The Morgan fingerprint density at radius 2 is 1.82 bits per heavy atom. The number of amides is 2. The fourth-order valence-corrected chi connectivity index (χ4v) is 5.68. The van der Waals surface area contributed by atoms with E-state index in [9.17, 15) is 9.59 Å². The lowest BCUT2D eigenvalue weighted by atomic mass is 10.1. The molecule has 212 valence electrons. The third-order valence-electron chi connectivity index (χ3n) is 6.80. The molecule has 39 heavy (non-hydrogen) atoms. The van der Waals surface area contributed by atoms with Gasteiger partial charge in [0.15, 0.2) is 5.82 Å². The molecule has 11 heteroatoms. The van der Waals surface area contributed by atoms with Crippen molar-refractivity contribution in [1.29, 1.82) is 0 Å². The first-order valence-corrected chi connectivity index (χ1v) is 15.5. The summed E-state index contributed by atoms with van der Waals surface area (Å²) in [6, 6.07) is 7.58. The number of carbonyl (C=O) groups is 2. The SMILES string of the molecule is CC(C)(C)OC(=O)NCC(=O)N(CCI)c1ccc(-c2nc(Cl)c3c(n2)N(CCCN2CCCC2)CC3)cc1. The first-order valence-electron chi connectivity index (χ1n) is 13.6. The summed E-state index contributed by atoms with van der Waals surface area (Å²) in [7, 11) is 0. The summed E-state index contributed by atoms with van der Waals surface area (Å²) >= 11 is 8.84. The van der Waals surface area contributed by atoms with Gasteiger partial charge in [-0.05, 0) is 90.4 Å². The molecule has 1 N–H and O–H groups in total. The number of alkyl carbamates (subject to hydrolysis) is 1. The van der Waals surface area contributed by atoms with Crippen molar-refractivity contribution in [3.8, 4) is 11.4 Å². The molecule has 4 rings (SSSR count). The van der Waals surface area contributed by atoms with E-state index in [-0.39, 0.29) is 12.5 Å². The van der Waals surface area contributed by atoms with E-state index in [1.165, 1.54) is 25.9 Å². The molecule has 1 fully saturated rings. The van der Waals surface area contributed by atoms with E-state index in [2.05, 4.69) is 42.7 Å². The predicted octanol–water partition coefficient (Wildman–Crippen LogP) is 4.94. The number of nitrogens with one attached hydrogen (secondary N) is 1. The maximum absolute atomic E-state index is 12.9. The topological polar surface area (TPSA) is 90.9 Å². The van der Waals surface area contributed by atoms with E-state index in [1.807, 2.05) is 24.3 Å². The van der Waals surface area contributed by atoms with Crippen molar-refractivity contribution in [1.82, 2.24) is 20.2 Å². The zero-order valence-electron chi connectivity index (χ0n) is 23.0. The normalized spacial score (nSPS) is 15.4. The van der Waals surface area contributed by atoms with Crippen LogP contribution in [0.3, 0.4) is 0 Å². The summed E-state index contributed by atoms with van der Waals surface area (Å²) in [5.41, 5.74) is 1.97. The molecule has 1 aromatic carbocycles. The maximum atomic E-state index is 12.9. The molecule has 2 amide bonds. The number of alkyl halides is 1. The number of anilines is 2. The molecule has 1 saturated heterocycles. The first-order chi connectivity index (χ1) is 18.6. The summed E-state index contributed by atoms with van der Waals surface area (Å²) in [6.07, 6.45) is 3.97. The quantitative estimate of drug-likeness (QED) is 0.218. The molecule has 2 aliphatic rings. The number of benzene rings is 1. The van der Waals surface area contributed by atoms with Gasteiger partial charge in [0.1, 0.15) is 23.1 Å². The Balaban J connectivity index is 1.42. The number of likely N-dealkylation sites (tertiary alicyclic amines) is 1. The van der Waals surface area contributed by atoms with Crippen molar-refractivity contribution in [2.45, 2.75) is 52.1 Å². The fourth-order valence-electron chi connectivity index (χ4n) is 4.94. The standard InChI is InChI=1S/C28H38ClIN6O3/c1-28(2,3)39-27(38)31-19-23(37)36(18-12-30)21-9-7-20(8-10-21)25-32-24(29)22-11-17-35(26(22)33-25)16-6-15-34-13-4-5-14-34/h7-10H,4-6,11-19H2,1-3H3,(H,31,38). The number of aromatic nitrogens is 2. The van der Waals surface area contributed by atoms with Crippen LogP contribution in [0.1, 0.15) is 45.6 Å². The van der Waals surface area contributed by atoms with Crippen LogP contribution in [0.5, 0.6) is 0 Å². The molecule has 0 saturated carbocycles. The van der Waals surface area contributed by atoms with Gasteiger partial charge in [0, 0.05) is 40.9 Å². The van der Waals surface area contributed by atoms with Crippen molar-refractivity contribution in [3.05, 3.63) is 35.0 Å². The minimum atomic E-state index is -0.627. The van der Waals surface area contributed by atoms with Gasteiger partial charge in [-0.2, -0.15) is 0 Å². The number of ether oxygens (including phenoxy) is 1. The second-order valence-electron chi connectivity index (χ2n) is 10.9. The summed E-state index contributed by atoms with van der Waals surface area (Å²) in [4.78, 5) is 41.0. The molecule has 3 heterocycles. The van der Waals surface area contributed by atoms with E-state index in [4.69, 9.17) is 21.3 Å². The second-order valence-corrected chi connectivity index (χ2v) is 12.4. The Labute approximate surface area is 249 Å². The van der Waals surface area contributed by atoms with Crippen molar-refractivity contribution in [3.63, 3.8) is 0 Å². The third kappa shape index (κ3) is 8.17. The van der Waals surface area contributed by atoms with Gasteiger partial charge in [-0.15, -0.1) is 0 Å². The van der Waals surface area contributed by atoms with Crippen molar-refractivity contribution in [2.75, 3.05) is 60.0 Å². The predicted molar refractivity (Wildman–Crippen MR) is 164 cm³/mol. The minimum Gasteiger partial charge on any atom is -0.444 e. The van der Waals surface area contributed by atoms with Crippen LogP contribution in [0.4, 0.5) is 16.3 Å². The largest absolute Gasteiger partial charge is 0.444 e. The number of nitrogens with zero attached hydrogens (tertiary/aromatic N) is 5. The Hall–Kier alpha value is -2.18. The molecule has 2 aliphatic heterocycles. The van der Waals surface area contributed by atoms with E-state index in [0.29, 0.717) is 17.5 Å². The number of carbonyl (C=O) groups excluding carboxylic acids is 2. The highest BCUT2D eigenvalue weighted by molar-refractivity contribution is 14.1. The third-order valence-corrected chi connectivity index (χ3v) is 7.59. The summed E-state index contributed by atoms with van der Waals surface area (Å²) in [5.74, 6) is 1.30. The summed E-state index contributed by atoms with van der Waals surface area (Å²) in [5, 5.41) is 3.06. The number of hydrogen-bond acceptors (Lipinski definition) is 7. The molecule has 9 nitrogen and oxygen atoms in total. The Kier molecular flexibility index (Phi) is 10.3. The maximum Gasteiger partial charge on any atom is 0.408 e. The van der Waals surface area contributed by atoms with E-state index in [1.54, 1.807) is 25.7 Å². The zero-order chi connectivity index (χ0) is 28.0. The Bertz CT molecular complexity index is 1150. The number of rotatable bonds is 10. The van der Waals surface area contributed by atoms with Gasteiger partial charge in [0.2, 0.25) is 5.91 Å². The highest BCUT2D eigenvalue weighted by Gasteiger charge is 2.26. The van der Waals surface area contributed by atoms with Crippen molar-refractivity contribution < 1.29 is 14.3 Å². The lowest BCUT2D eigenvalue weighted by Crippen LogP contribution is -2.42. The van der Waals surface area contributed by atoms with E-state index < -0.39 is 11.7 Å². The molecule has 1 aromatic heterocycles. The van der Waals surface area contributed by atoms with Gasteiger partial charge < -0.3 is 24.8 Å². The van der Waals surface area contributed by atoms with Gasteiger partial charge in [-0.25, -0.2) is 14.8 Å². The number of halogens is 2. The average molecular weight is 669 g/mol. The van der Waals surface area contributed by atoms with Crippen molar-refractivity contribution >= 4 is 57.7 Å². The van der Waals surface area contributed by atoms with E-state index >= 15 is 0 Å². The molecule has 0 atom stereocenters. The minimum absolute atomic E-state index is 0.148. The van der Waals surface area contributed by atoms with Crippen LogP contribution in [0, 0.1) is 0 Å². The van der Waals surface area contributed by atoms with Gasteiger partial charge in [-0.3, -0.25) is 4.79 Å². The zero-order valence-corrected chi connectivity index (χ0v) is 25.9. The van der Waals surface area contributed by atoms with Crippen LogP contribution in [0.2, 0.25) is 5.15 Å². The van der Waals surface area contributed by atoms with Gasteiger partial charge >= 0.3 is 6.09 Å². The van der Waals surface area contributed by atoms with Crippen LogP contribution >= 0.6 is 34.2 Å².